The maximum Gasteiger partial charge on any atom is 0.408 e. The lowest BCUT2D eigenvalue weighted by Crippen LogP contribution is -2.53. The third kappa shape index (κ3) is 9.09. The quantitative estimate of drug-likeness (QED) is 0.375. The predicted octanol–water partition coefficient (Wildman–Crippen LogP) is 4.10. The highest BCUT2D eigenvalue weighted by molar-refractivity contribution is 7.99. The van der Waals surface area contributed by atoms with Crippen molar-refractivity contribution in [2.75, 3.05) is 11.5 Å². The molecule has 0 unspecified atom stereocenters. The van der Waals surface area contributed by atoms with Gasteiger partial charge >= 0.3 is 6.09 Å². The highest BCUT2D eigenvalue weighted by atomic mass is 32.2. The molecule has 1 aromatic carbocycles. The monoisotopic (exact) mass is 421 g/mol. The molecule has 7 heteroatoms. The standard InChI is InChI=1S/C22H35N3O3S/c1-22(2,3)28-21(27)24-19(16-29-15-18-12-8-5-9-13-18)20(26)25(23)14-17-10-6-4-7-11-17/h4,6-7,10-11,18-19H,5,8-9,12-16,23H2,1-3H3,(H,24,27)/t19-/m0/s1. The van der Waals surface area contributed by atoms with Gasteiger partial charge < -0.3 is 10.1 Å². The van der Waals surface area contributed by atoms with E-state index in [-0.39, 0.29) is 5.91 Å². The molecule has 6 nitrogen and oxygen atoms in total. The molecule has 0 aliphatic heterocycles. The molecule has 0 heterocycles. The van der Waals surface area contributed by atoms with E-state index in [0.29, 0.717) is 18.2 Å². The van der Waals surface area contributed by atoms with E-state index in [1.54, 1.807) is 32.5 Å². The molecule has 29 heavy (non-hydrogen) atoms. The molecule has 2 amide bonds. The van der Waals surface area contributed by atoms with Crippen molar-refractivity contribution >= 4 is 23.8 Å². The number of carbonyl (C=O) groups excluding carboxylic acids is 2. The Morgan fingerprint density at radius 1 is 1.21 bits per heavy atom. The van der Waals surface area contributed by atoms with Crippen LogP contribution in [0.25, 0.3) is 0 Å². The minimum absolute atomic E-state index is 0.291. The molecule has 1 fully saturated rings. The van der Waals surface area contributed by atoms with E-state index < -0.39 is 17.7 Å². The number of hydrazine groups is 1. The van der Waals surface area contributed by atoms with Crippen molar-refractivity contribution in [3.63, 3.8) is 0 Å². The number of alkyl carbamates (subject to hydrolysis) is 1. The van der Waals surface area contributed by atoms with Gasteiger partial charge in [0.15, 0.2) is 0 Å². The molecule has 0 aromatic heterocycles. The summed E-state index contributed by atoms with van der Waals surface area (Å²) in [5.41, 5.74) is 0.313. The number of nitrogens with one attached hydrogen (secondary N) is 1. The number of carbonyl (C=O) groups is 2. The normalized spacial score (nSPS) is 16.1. The van der Waals surface area contributed by atoms with Gasteiger partial charge in [-0.25, -0.2) is 10.6 Å². The van der Waals surface area contributed by atoms with Crippen LogP contribution < -0.4 is 11.2 Å². The van der Waals surface area contributed by atoms with Crippen LogP contribution >= 0.6 is 11.8 Å². The Balaban J connectivity index is 1.95. The Labute approximate surface area is 178 Å². The molecule has 0 bridgehead atoms. The molecule has 1 aromatic rings. The first kappa shape index (κ1) is 23.5. The molecular formula is C22H35N3O3S. The number of rotatable bonds is 8. The second-order valence-corrected chi connectivity index (χ2v) is 9.77. The molecule has 1 aliphatic rings. The topological polar surface area (TPSA) is 84.7 Å². The second-order valence-electron chi connectivity index (χ2n) is 8.69. The average molecular weight is 422 g/mol. The summed E-state index contributed by atoms with van der Waals surface area (Å²) in [7, 11) is 0. The number of nitrogens with two attached hydrogens (primary N) is 1. The largest absolute Gasteiger partial charge is 0.444 e. The molecule has 2 rings (SSSR count). The van der Waals surface area contributed by atoms with Crippen LogP contribution in [0.3, 0.4) is 0 Å². The minimum atomic E-state index is -0.716. The first-order chi connectivity index (χ1) is 13.7. The smallest absolute Gasteiger partial charge is 0.408 e. The van der Waals surface area contributed by atoms with Crippen molar-refractivity contribution in [2.45, 2.75) is 71.1 Å². The Hall–Kier alpha value is -1.73. The van der Waals surface area contributed by atoms with Crippen LogP contribution in [0.15, 0.2) is 30.3 Å². The van der Waals surface area contributed by atoms with E-state index in [9.17, 15) is 9.59 Å². The highest BCUT2D eigenvalue weighted by Gasteiger charge is 2.27. The van der Waals surface area contributed by atoms with Gasteiger partial charge in [0.1, 0.15) is 11.6 Å². The summed E-state index contributed by atoms with van der Waals surface area (Å²) in [4.78, 5) is 25.2. The summed E-state index contributed by atoms with van der Waals surface area (Å²) >= 11 is 1.71. The zero-order valence-corrected chi connectivity index (χ0v) is 18.7. The van der Waals surface area contributed by atoms with E-state index in [2.05, 4.69) is 5.32 Å². The van der Waals surface area contributed by atoms with E-state index in [0.717, 1.165) is 11.3 Å². The first-order valence-corrected chi connectivity index (χ1v) is 11.6. The summed E-state index contributed by atoms with van der Waals surface area (Å²) in [6.07, 6.45) is 5.81. The van der Waals surface area contributed by atoms with Gasteiger partial charge in [-0.15, -0.1) is 0 Å². The van der Waals surface area contributed by atoms with Crippen LogP contribution in [0.1, 0.15) is 58.4 Å². The number of benzene rings is 1. The lowest BCUT2D eigenvalue weighted by Gasteiger charge is -2.27. The summed E-state index contributed by atoms with van der Waals surface area (Å²) in [6.45, 7) is 5.68. The Kier molecular flexibility index (Phi) is 9.30. The van der Waals surface area contributed by atoms with Gasteiger partial charge in [-0.3, -0.25) is 9.80 Å². The fourth-order valence-electron chi connectivity index (χ4n) is 3.39. The Morgan fingerprint density at radius 2 is 1.86 bits per heavy atom. The maximum absolute atomic E-state index is 12.9. The lowest BCUT2D eigenvalue weighted by atomic mass is 9.91. The molecule has 162 valence electrons. The van der Waals surface area contributed by atoms with E-state index in [1.807, 2.05) is 30.3 Å². The third-order valence-corrected chi connectivity index (χ3v) is 6.11. The Bertz CT molecular complexity index is 642. The molecule has 0 saturated heterocycles. The van der Waals surface area contributed by atoms with E-state index in [1.165, 1.54) is 37.1 Å². The fourth-order valence-corrected chi connectivity index (χ4v) is 4.65. The van der Waals surface area contributed by atoms with Crippen LogP contribution in [0, 0.1) is 5.92 Å². The molecule has 0 spiro atoms. The van der Waals surface area contributed by atoms with Crippen molar-refractivity contribution in [3.8, 4) is 0 Å². The molecular weight excluding hydrogens is 386 g/mol. The van der Waals surface area contributed by atoms with Crippen LogP contribution in [-0.4, -0.2) is 40.2 Å². The zero-order valence-electron chi connectivity index (χ0n) is 17.9. The SMILES string of the molecule is CC(C)(C)OC(=O)N[C@@H](CSCC1CCCCC1)C(=O)N(N)Cc1ccccc1. The van der Waals surface area contributed by atoms with Crippen molar-refractivity contribution in [1.29, 1.82) is 0 Å². The number of ether oxygens (including phenoxy) is 1. The molecule has 1 aliphatic carbocycles. The number of nitrogens with zero attached hydrogens (tertiary/aromatic N) is 1. The first-order valence-electron chi connectivity index (χ1n) is 10.4. The maximum atomic E-state index is 12.9. The summed E-state index contributed by atoms with van der Waals surface area (Å²) < 4.78 is 5.34. The van der Waals surface area contributed by atoms with Crippen LogP contribution in [-0.2, 0) is 16.1 Å². The van der Waals surface area contributed by atoms with Gasteiger partial charge in [0.05, 0.1) is 6.54 Å². The van der Waals surface area contributed by atoms with Gasteiger partial charge in [-0.05, 0) is 50.8 Å². The number of hydrogen-bond donors (Lipinski definition) is 2. The lowest BCUT2D eigenvalue weighted by molar-refractivity contribution is -0.133. The van der Waals surface area contributed by atoms with Crippen molar-refractivity contribution < 1.29 is 14.3 Å². The zero-order chi connectivity index (χ0) is 21.3. The van der Waals surface area contributed by atoms with Crippen molar-refractivity contribution in [1.82, 2.24) is 10.3 Å². The average Bonchev–Trinajstić information content (AvgIpc) is 2.67. The van der Waals surface area contributed by atoms with E-state index >= 15 is 0 Å². The van der Waals surface area contributed by atoms with Gasteiger partial charge in [0, 0.05) is 5.75 Å². The van der Waals surface area contributed by atoms with Gasteiger partial charge in [0.2, 0.25) is 0 Å². The summed E-state index contributed by atoms with van der Waals surface area (Å²) in [6, 6.07) is 8.85. The van der Waals surface area contributed by atoms with Gasteiger partial charge in [-0.1, -0.05) is 49.6 Å². The van der Waals surface area contributed by atoms with Crippen LogP contribution in [0.4, 0.5) is 4.79 Å². The molecule has 0 radical (unpaired) electrons. The highest BCUT2D eigenvalue weighted by Crippen LogP contribution is 2.27. The third-order valence-electron chi connectivity index (χ3n) is 4.83. The fraction of sp³-hybridized carbons (Fsp3) is 0.636. The predicted molar refractivity (Wildman–Crippen MR) is 118 cm³/mol. The second kappa shape index (κ2) is 11.5. The van der Waals surface area contributed by atoms with Crippen molar-refractivity contribution in [3.05, 3.63) is 35.9 Å². The van der Waals surface area contributed by atoms with Crippen molar-refractivity contribution in [2.24, 2.45) is 11.8 Å². The van der Waals surface area contributed by atoms with E-state index in [4.69, 9.17) is 10.6 Å². The number of amides is 2. The molecule has 1 saturated carbocycles. The van der Waals surface area contributed by atoms with Crippen LogP contribution in [0.2, 0.25) is 0 Å². The van der Waals surface area contributed by atoms with Gasteiger partial charge in [-0.2, -0.15) is 11.8 Å². The number of thioether (sulfide) groups is 1. The summed E-state index contributed by atoms with van der Waals surface area (Å²) in [5, 5.41) is 3.90. The summed E-state index contributed by atoms with van der Waals surface area (Å²) in [5.74, 6) is 7.93. The molecule has 1 atom stereocenters. The Morgan fingerprint density at radius 3 is 2.48 bits per heavy atom. The minimum Gasteiger partial charge on any atom is -0.444 e. The van der Waals surface area contributed by atoms with Gasteiger partial charge in [0.25, 0.3) is 5.91 Å². The molecule has 3 N–H and O–H groups in total. The number of hydrogen-bond acceptors (Lipinski definition) is 5. The van der Waals surface area contributed by atoms with Crippen LogP contribution in [0.5, 0.6) is 0 Å².